The summed E-state index contributed by atoms with van der Waals surface area (Å²) in [7, 11) is 3.02. The number of methoxy groups -OCH3 is 2. The highest BCUT2D eigenvalue weighted by Gasteiger charge is 2.37. The van der Waals surface area contributed by atoms with Gasteiger partial charge in [0.1, 0.15) is 30.4 Å². The van der Waals surface area contributed by atoms with E-state index < -0.39 is 17.2 Å². The Morgan fingerprint density at radius 1 is 1.05 bits per heavy atom. The first-order valence-electron chi connectivity index (χ1n) is 14.3. The number of benzene rings is 2. The lowest BCUT2D eigenvalue weighted by Gasteiger charge is -2.33. The molecule has 0 spiro atoms. The molecule has 1 fully saturated rings. The summed E-state index contributed by atoms with van der Waals surface area (Å²) in [6, 6.07) is 8.89. The average Bonchev–Trinajstić information content (AvgIpc) is 3.38. The van der Waals surface area contributed by atoms with Gasteiger partial charge in [0, 0.05) is 64.7 Å². The highest BCUT2D eigenvalue weighted by Crippen LogP contribution is 2.29. The van der Waals surface area contributed by atoms with Gasteiger partial charge < -0.3 is 33.5 Å². The fraction of sp³-hybridized carbons (Fsp3) is 0.484. The predicted molar refractivity (Wildman–Crippen MR) is 155 cm³/mol. The third-order valence-corrected chi connectivity index (χ3v) is 7.26. The summed E-state index contributed by atoms with van der Waals surface area (Å²) >= 11 is 0. The molecular weight excluding hydrogens is 562 g/mol. The molecule has 0 bridgehead atoms. The maximum atomic E-state index is 13.7. The van der Waals surface area contributed by atoms with E-state index in [0.717, 1.165) is 42.9 Å². The van der Waals surface area contributed by atoms with Gasteiger partial charge in [0.15, 0.2) is 23.1 Å². The summed E-state index contributed by atoms with van der Waals surface area (Å²) in [6.45, 7) is 4.51. The van der Waals surface area contributed by atoms with Gasteiger partial charge in [-0.15, -0.1) is 0 Å². The number of aliphatic hydroxyl groups is 1. The van der Waals surface area contributed by atoms with E-state index in [4.69, 9.17) is 18.9 Å². The van der Waals surface area contributed by atoms with Gasteiger partial charge in [-0.2, -0.15) is 0 Å². The number of nitrogens with zero attached hydrogens (tertiary/aromatic N) is 4. The van der Waals surface area contributed by atoms with Crippen LogP contribution in [0.4, 0.5) is 8.78 Å². The smallest absolute Gasteiger partial charge is 0.248 e. The molecule has 0 saturated carbocycles. The first-order valence-corrected chi connectivity index (χ1v) is 14.3. The van der Waals surface area contributed by atoms with Crippen molar-refractivity contribution < 1.29 is 37.6 Å². The molecule has 1 atom stereocenters. The molecule has 1 aliphatic rings. The number of aromatic nitrogens is 2. The van der Waals surface area contributed by atoms with Gasteiger partial charge in [0.05, 0.1) is 20.3 Å². The lowest BCUT2D eigenvalue weighted by atomic mass is 10.0. The molecule has 234 valence electrons. The lowest BCUT2D eigenvalue weighted by molar-refractivity contribution is -0.138. The van der Waals surface area contributed by atoms with Crippen LogP contribution in [0.1, 0.15) is 24.7 Å². The van der Waals surface area contributed by atoms with Crippen LogP contribution in [0.25, 0.3) is 0 Å². The number of hydrogen-bond acceptors (Lipinski definition) is 8. The molecule has 12 heteroatoms. The molecule has 0 radical (unpaired) electrons. The van der Waals surface area contributed by atoms with E-state index in [2.05, 4.69) is 16.5 Å². The zero-order chi connectivity index (χ0) is 30.8. The second-order valence-electron chi connectivity index (χ2n) is 10.6. The maximum Gasteiger partial charge on any atom is 0.248 e. The van der Waals surface area contributed by atoms with E-state index in [1.54, 1.807) is 13.3 Å². The Morgan fingerprint density at radius 3 is 2.63 bits per heavy atom. The molecular formula is C31H40F2N4O6. The second kappa shape index (κ2) is 15.1. The van der Waals surface area contributed by atoms with E-state index in [1.165, 1.54) is 18.1 Å². The quantitative estimate of drug-likeness (QED) is 0.281. The maximum absolute atomic E-state index is 13.7. The van der Waals surface area contributed by atoms with Crippen molar-refractivity contribution in [1.82, 2.24) is 19.4 Å². The van der Waals surface area contributed by atoms with Gasteiger partial charge >= 0.3 is 0 Å². The third-order valence-electron chi connectivity index (χ3n) is 7.26. The molecule has 10 nitrogen and oxygen atoms in total. The number of carbonyl (C=O) groups is 1. The Hall–Kier alpha value is -3.74. The summed E-state index contributed by atoms with van der Waals surface area (Å²) in [5, 5.41) is 11.6. The molecule has 43 heavy (non-hydrogen) atoms. The van der Waals surface area contributed by atoms with Crippen molar-refractivity contribution >= 4 is 5.91 Å². The fourth-order valence-electron chi connectivity index (χ4n) is 5.14. The van der Waals surface area contributed by atoms with Gasteiger partial charge in [-0.05, 0) is 36.2 Å². The number of ether oxygens (including phenoxy) is 4. The molecule has 0 aliphatic carbocycles. The minimum Gasteiger partial charge on any atom is -0.493 e. The highest BCUT2D eigenvalue weighted by atomic mass is 19.2. The number of hydrogen-bond donors (Lipinski definition) is 1. The van der Waals surface area contributed by atoms with Gasteiger partial charge in [0.25, 0.3) is 0 Å². The number of aryl methyl sites for hydroxylation is 2. The van der Waals surface area contributed by atoms with Crippen LogP contribution in [0.15, 0.2) is 48.8 Å². The molecule has 2 aromatic carbocycles. The molecule has 1 saturated heterocycles. The number of β-amino-alcohol motifs (C(OH)–C–C–N with tert-alkyl or cyclic N) is 1. The predicted octanol–water partition coefficient (Wildman–Crippen LogP) is 3.30. The lowest BCUT2D eigenvalue weighted by Crippen LogP contribution is -2.52. The van der Waals surface area contributed by atoms with Crippen LogP contribution in [-0.2, 0) is 29.0 Å². The van der Waals surface area contributed by atoms with Crippen LogP contribution in [-0.4, -0.2) is 96.2 Å². The van der Waals surface area contributed by atoms with Gasteiger partial charge in [0.2, 0.25) is 5.91 Å². The minimum atomic E-state index is -1.50. The molecule has 1 aromatic heterocycles. The molecule has 2 heterocycles. The normalized spacial score (nSPS) is 17.5. The number of rotatable bonds is 14. The van der Waals surface area contributed by atoms with Crippen molar-refractivity contribution in [2.45, 2.75) is 38.5 Å². The largest absolute Gasteiger partial charge is 0.493 e. The monoisotopic (exact) mass is 602 g/mol. The van der Waals surface area contributed by atoms with Crippen molar-refractivity contribution in [3.63, 3.8) is 0 Å². The van der Waals surface area contributed by atoms with Crippen LogP contribution in [0, 0.1) is 11.6 Å². The molecule has 1 N–H and O–H groups in total. The van der Waals surface area contributed by atoms with Crippen LogP contribution >= 0.6 is 0 Å². The summed E-state index contributed by atoms with van der Waals surface area (Å²) in [6.07, 6.45) is 5.46. The van der Waals surface area contributed by atoms with E-state index in [0.29, 0.717) is 37.7 Å². The number of amides is 1. The van der Waals surface area contributed by atoms with E-state index in [1.807, 2.05) is 29.3 Å². The van der Waals surface area contributed by atoms with Crippen molar-refractivity contribution in [3.05, 3.63) is 71.8 Å². The van der Waals surface area contributed by atoms with Gasteiger partial charge in [-0.1, -0.05) is 13.0 Å². The standard InChI is InChI=1S/C31H40F2N4O6/c1-4-29-34-10-12-36(29)11-5-15-42-27-9-6-23(16-28(27)41-3)18-35-13-14-37(30(38)19-40-2)21-31(39,20-35)22-43-24-7-8-25(32)26(33)17-24/h6-10,12,16-17,39H,4-5,11,13-15,18-22H2,1-3H3/t31-/m0/s1. The molecule has 0 unspecified atom stereocenters. The Kier molecular flexibility index (Phi) is 11.3. The number of carbonyl (C=O) groups excluding carboxylic acids is 1. The molecule has 1 amide bonds. The fourth-order valence-corrected chi connectivity index (χ4v) is 5.14. The topological polar surface area (TPSA) is 98.5 Å². The van der Waals surface area contributed by atoms with E-state index in [9.17, 15) is 18.7 Å². The SMILES string of the molecule is CCc1nccn1CCCOc1ccc(CN2CCN(C(=O)COC)C[C@](O)(COc3ccc(F)c(F)c3)C2)cc1OC. The Labute approximate surface area is 250 Å². The molecule has 4 rings (SSSR count). The summed E-state index contributed by atoms with van der Waals surface area (Å²) < 4.78 is 51.5. The Balaban J connectivity index is 1.41. The van der Waals surface area contributed by atoms with Crippen molar-refractivity contribution in [1.29, 1.82) is 0 Å². The second-order valence-corrected chi connectivity index (χ2v) is 10.6. The Morgan fingerprint density at radius 2 is 1.88 bits per heavy atom. The van der Waals surface area contributed by atoms with Crippen molar-refractivity contribution in [3.8, 4) is 17.2 Å². The van der Waals surface area contributed by atoms with Crippen LogP contribution in [0.2, 0.25) is 0 Å². The summed E-state index contributed by atoms with van der Waals surface area (Å²) in [5.74, 6) is 0.0505. The zero-order valence-corrected chi connectivity index (χ0v) is 24.9. The average molecular weight is 603 g/mol. The minimum absolute atomic E-state index is 0.00963. The van der Waals surface area contributed by atoms with Crippen molar-refractivity contribution in [2.75, 3.05) is 60.2 Å². The van der Waals surface area contributed by atoms with Crippen LogP contribution < -0.4 is 14.2 Å². The highest BCUT2D eigenvalue weighted by molar-refractivity contribution is 5.77. The molecule has 1 aliphatic heterocycles. The summed E-state index contributed by atoms with van der Waals surface area (Å²) in [5.41, 5.74) is -0.569. The van der Waals surface area contributed by atoms with Crippen molar-refractivity contribution in [2.24, 2.45) is 0 Å². The summed E-state index contributed by atoms with van der Waals surface area (Å²) in [4.78, 5) is 20.6. The van der Waals surface area contributed by atoms with E-state index >= 15 is 0 Å². The zero-order valence-electron chi connectivity index (χ0n) is 24.9. The molecule has 3 aromatic rings. The van der Waals surface area contributed by atoms with E-state index in [-0.39, 0.29) is 38.0 Å². The van der Waals surface area contributed by atoms with Gasteiger partial charge in [-0.25, -0.2) is 13.8 Å². The number of halogens is 2. The van der Waals surface area contributed by atoms with Crippen LogP contribution in [0.3, 0.4) is 0 Å². The number of imidazole rings is 1. The van der Waals surface area contributed by atoms with Crippen LogP contribution in [0.5, 0.6) is 17.2 Å². The van der Waals surface area contributed by atoms with Gasteiger partial charge in [-0.3, -0.25) is 9.69 Å². The first kappa shape index (κ1) is 32.2. The third kappa shape index (κ3) is 8.88. The first-order chi connectivity index (χ1) is 20.7. The Bertz CT molecular complexity index is 1360.